The Morgan fingerprint density at radius 3 is 2.76 bits per heavy atom. The molecule has 1 amide bonds. The van der Waals surface area contributed by atoms with E-state index in [4.69, 9.17) is 18.9 Å². The summed E-state index contributed by atoms with van der Waals surface area (Å²) in [6, 6.07) is 9.41. The lowest BCUT2D eigenvalue weighted by Gasteiger charge is -2.28. The second kappa shape index (κ2) is 10.0. The molecule has 2 aliphatic rings. The molecule has 0 saturated carbocycles. The standard InChI is InChI=1S/C25H26N4O5/c1-31-25-27-12-17(13-28-25)20-5-2-6-22-21(20)10-18(14-33-22)29-24(30)16-7-8-23(26-11-16)34-15-19-4-3-9-32-19/h2,5-8,11-13,18-19H,3-4,9-10,14-15H2,1H3,(H,29,30)/t18-,19?/m0/s1. The van der Waals surface area contributed by atoms with E-state index < -0.39 is 0 Å². The minimum absolute atomic E-state index is 0.119. The Morgan fingerprint density at radius 1 is 1.15 bits per heavy atom. The van der Waals surface area contributed by atoms with Crippen molar-refractivity contribution in [1.82, 2.24) is 20.3 Å². The largest absolute Gasteiger partial charge is 0.491 e. The molecule has 4 heterocycles. The number of carbonyl (C=O) groups is 1. The minimum atomic E-state index is -0.208. The Kier molecular flexibility index (Phi) is 6.53. The first-order valence-electron chi connectivity index (χ1n) is 11.3. The fourth-order valence-corrected chi connectivity index (χ4v) is 4.15. The third-order valence-corrected chi connectivity index (χ3v) is 5.92. The van der Waals surface area contributed by atoms with E-state index >= 15 is 0 Å². The van der Waals surface area contributed by atoms with Crippen molar-refractivity contribution < 1.29 is 23.7 Å². The number of amides is 1. The van der Waals surface area contributed by atoms with Gasteiger partial charge in [-0.15, -0.1) is 0 Å². The fraction of sp³-hybridized carbons (Fsp3) is 0.360. The van der Waals surface area contributed by atoms with Crippen LogP contribution in [0.1, 0.15) is 28.8 Å². The predicted molar refractivity (Wildman–Crippen MR) is 123 cm³/mol. The summed E-state index contributed by atoms with van der Waals surface area (Å²) in [5.41, 5.74) is 3.29. The van der Waals surface area contributed by atoms with Crippen molar-refractivity contribution in [3.8, 4) is 28.8 Å². The van der Waals surface area contributed by atoms with Crippen LogP contribution in [0.25, 0.3) is 11.1 Å². The second-order valence-corrected chi connectivity index (χ2v) is 8.26. The van der Waals surface area contributed by atoms with Gasteiger partial charge < -0.3 is 24.3 Å². The van der Waals surface area contributed by atoms with Crippen LogP contribution in [0.4, 0.5) is 0 Å². The highest BCUT2D eigenvalue weighted by molar-refractivity contribution is 5.94. The maximum absolute atomic E-state index is 12.8. The lowest BCUT2D eigenvalue weighted by atomic mass is 9.94. The van der Waals surface area contributed by atoms with Gasteiger partial charge in [-0.25, -0.2) is 15.0 Å². The van der Waals surface area contributed by atoms with Gasteiger partial charge in [-0.3, -0.25) is 4.79 Å². The molecule has 5 rings (SSSR count). The third-order valence-electron chi connectivity index (χ3n) is 5.92. The average Bonchev–Trinajstić information content (AvgIpc) is 3.41. The SMILES string of the molecule is COc1ncc(-c2cccc3c2C[C@H](NC(=O)c2ccc(OCC4CCCO4)nc2)CO3)cn1. The molecule has 3 aromatic rings. The Hall–Kier alpha value is -3.72. The first kappa shape index (κ1) is 22.1. The van der Waals surface area contributed by atoms with Crippen LogP contribution in [0.3, 0.4) is 0 Å². The van der Waals surface area contributed by atoms with E-state index in [1.165, 1.54) is 13.3 Å². The van der Waals surface area contributed by atoms with E-state index in [1.807, 2.05) is 18.2 Å². The van der Waals surface area contributed by atoms with E-state index in [0.717, 1.165) is 41.9 Å². The third kappa shape index (κ3) is 4.94. The number of carbonyl (C=O) groups excluding carboxylic acids is 1. The molecule has 0 spiro atoms. The number of nitrogens with zero attached hydrogens (tertiary/aromatic N) is 3. The molecular weight excluding hydrogens is 436 g/mol. The first-order valence-corrected chi connectivity index (χ1v) is 11.3. The summed E-state index contributed by atoms with van der Waals surface area (Å²) in [5, 5.41) is 3.05. The van der Waals surface area contributed by atoms with Crippen molar-refractivity contribution in [3.63, 3.8) is 0 Å². The topological polar surface area (TPSA) is 105 Å². The van der Waals surface area contributed by atoms with Crippen molar-refractivity contribution in [2.75, 3.05) is 26.9 Å². The fourth-order valence-electron chi connectivity index (χ4n) is 4.15. The molecule has 176 valence electrons. The molecule has 0 aliphatic carbocycles. The zero-order valence-electron chi connectivity index (χ0n) is 18.9. The van der Waals surface area contributed by atoms with Crippen molar-refractivity contribution in [2.24, 2.45) is 0 Å². The summed E-state index contributed by atoms with van der Waals surface area (Å²) in [5.74, 6) is 1.07. The van der Waals surface area contributed by atoms with E-state index in [0.29, 0.717) is 37.1 Å². The van der Waals surface area contributed by atoms with Crippen LogP contribution in [0, 0.1) is 0 Å². The van der Waals surface area contributed by atoms with Crippen molar-refractivity contribution in [1.29, 1.82) is 0 Å². The maximum atomic E-state index is 12.8. The van der Waals surface area contributed by atoms with Crippen LogP contribution in [-0.2, 0) is 11.2 Å². The highest BCUT2D eigenvalue weighted by atomic mass is 16.5. The zero-order chi connectivity index (χ0) is 23.3. The van der Waals surface area contributed by atoms with Gasteiger partial charge in [0.05, 0.1) is 24.8 Å². The van der Waals surface area contributed by atoms with Crippen molar-refractivity contribution >= 4 is 5.91 Å². The molecule has 1 aromatic carbocycles. The number of benzene rings is 1. The molecule has 9 heteroatoms. The van der Waals surface area contributed by atoms with Gasteiger partial charge in [-0.1, -0.05) is 12.1 Å². The van der Waals surface area contributed by atoms with Gasteiger partial charge in [0.15, 0.2) is 0 Å². The van der Waals surface area contributed by atoms with E-state index in [2.05, 4.69) is 20.3 Å². The molecule has 0 bridgehead atoms. The molecule has 1 N–H and O–H groups in total. The number of ether oxygens (including phenoxy) is 4. The van der Waals surface area contributed by atoms with Crippen LogP contribution in [0.15, 0.2) is 48.9 Å². The smallest absolute Gasteiger partial charge is 0.316 e. The molecule has 2 atom stereocenters. The number of pyridine rings is 1. The molecule has 1 saturated heterocycles. The summed E-state index contributed by atoms with van der Waals surface area (Å²) in [4.78, 5) is 25.5. The first-order chi connectivity index (χ1) is 16.7. The Balaban J connectivity index is 1.23. The van der Waals surface area contributed by atoms with E-state index in [-0.39, 0.29) is 18.1 Å². The van der Waals surface area contributed by atoms with E-state index in [1.54, 1.807) is 24.5 Å². The molecule has 1 fully saturated rings. The quantitative estimate of drug-likeness (QED) is 0.572. The average molecular weight is 463 g/mol. The zero-order valence-corrected chi connectivity index (χ0v) is 18.9. The van der Waals surface area contributed by atoms with Crippen LogP contribution < -0.4 is 19.5 Å². The van der Waals surface area contributed by atoms with Crippen LogP contribution in [0.2, 0.25) is 0 Å². The lowest BCUT2D eigenvalue weighted by molar-refractivity contribution is 0.0663. The molecule has 34 heavy (non-hydrogen) atoms. The maximum Gasteiger partial charge on any atom is 0.316 e. The molecule has 0 radical (unpaired) electrons. The molecular formula is C25H26N4O5. The number of aromatic nitrogens is 3. The molecule has 1 unspecified atom stereocenters. The molecule has 9 nitrogen and oxygen atoms in total. The number of fused-ring (bicyclic) bond motifs is 1. The van der Waals surface area contributed by atoms with Gasteiger partial charge in [-0.2, -0.15) is 0 Å². The molecule has 2 aliphatic heterocycles. The highest BCUT2D eigenvalue weighted by Crippen LogP contribution is 2.34. The van der Waals surface area contributed by atoms with Gasteiger partial charge >= 0.3 is 6.01 Å². The Labute approximate surface area is 197 Å². The van der Waals surface area contributed by atoms with Crippen LogP contribution >= 0.6 is 0 Å². The number of methoxy groups -OCH3 is 1. The van der Waals surface area contributed by atoms with Crippen LogP contribution in [-0.4, -0.2) is 59.9 Å². The van der Waals surface area contributed by atoms with Gasteiger partial charge in [0.1, 0.15) is 19.0 Å². The number of hydrogen-bond acceptors (Lipinski definition) is 8. The second-order valence-electron chi connectivity index (χ2n) is 8.26. The summed E-state index contributed by atoms with van der Waals surface area (Å²) in [6.45, 7) is 1.64. The number of nitrogens with one attached hydrogen (secondary N) is 1. The Bertz CT molecular complexity index is 1130. The summed E-state index contributed by atoms with van der Waals surface area (Å²) in [7, 11) is 1.53. The summed E-state index contributed by atoms with van der Waals surface area (Å²) < 4.78 is 22.2. The van der Waals surface area contributed by atoms with E-state index in [9.17, 15) is 4.79 Å². The summed E-state index contributed by atoms with van der Waals surface area (Å²) >= 11 is 0. The number of hydrogen-bond donors (Lipinski definition) is 1. The van der Waals surface area contributed by atoms with Crippen molar-refractivity contribution in [2.45, 2.75) is 31.4 Å². The lowest BCUT2D eigenvalue weighted by Crippen LogP contribution is -2.42. The minimum Gasteiger partial charge on any atom is -0.491 e. The normalized spacial score (nSPS) is 19.1. The van der Waals surface area contributed by atoms with Gasteiger partial charge in [0, 0.05) is 48.8 Å². The number of rotatable bonds is 7. The Morgan fingerprint density at radius 2 is 2.03 bits per heavy atom. The molecule has 2 aromatic heterocycles. The van der Waals surface area contributed by atoms with Gasteiger partial charge in [-0.05, 0) is 30.5 Å². The predicted octanol–water partition coefficient (Wildman–Crippen LogP) is 2.84. The van der Waals surface area contributed by atoms with Gasteiger partial charge in [0.25, 0.3) is 5.91 Å². The monoisotopic (exact) mass is 462 g/mol. The van der Waals surface area contributed by atoms with Crippen LogP contribution in [0.5, 0.6) is 17.6 Å². The van der Waals surface area contributed by atoms with Gasteiger partial charge in [0.2, 0.25) is 5.88 Å². The summed E-state index contributed by atoms with van der Waals surface area (Å²) in [6.07, 6.45) is 7.77. The highest BCUT2D eigenvalue weighted by Gasteiger charge is 2.25. The van der Waals surface area contributed by atoms with Crippen molar-refractivity contribution in [3.05, 3.63) is 60.0 Å².